The lowest BCUT2D eigenvalue weighted by molar-refractivity contribution is -0.153. The molecule has 28 heavy (non-hydrogen) atoms. The van der Waals surface area contributed by atoms with Crippen LogP contribution in [0.2, 0.25) is 0 Å². The summed E-state index contributed by atoms with van der Waals surface area (Å²) in [7, 11) is 0. The molecule has 0 spiro atoms. The van der Waals surface area contributed by atoms with Crippen LogP contribution in [0, 0.1) is 6.92 Å². The second kappa shape index (κ2) is 9.32. The molecule has 3 N–H and O–H groups in total. The van der Waals surface area contributed by atoms with E-state index in [1.807, 2.05) is 48.7 Å². The van der Waals surface area contributed by atoms with Gasteiger partial charge in [0.05, 0.1) is 6.04 Å². The minimum absolute atomic E-state index is 0.142. The van der Waals surface area contributed by atoms with Gasteiger partial charge in [-0.1, -0.05) is 35.9 Å². The molecule has 3 rings (SSSR count). The van der Waals surface area contributed by atoms with Crippen molar-refractivity contribution in [3.8, 4) is 0 Å². The monoisotopic (exact) mass is 402 g/mol. The predicted molar refractivity (Wildman–Crippen MR) is 108 cm³/mol. The quantitative estimate of drug-likeness (QED) is 0.659. The van der Waals surface area contributed by atoms with E-state index in [0.717, 1.165) is 28.8 Å². The van der Waals surface area contributed by atoms with Crippen molar-refractivity contribution >= 4 is 23.2 Å². The van der Waals surface area contributed by atoms with Crippen molar-refractivity contribution in [1.29, 1.82) is 0 Å². The molecule has 2 amide bonds. The molecule has 1 saturated heterocycles. The number of aliphatic hydroxyl groups is 2. The highest BCUT2D eigenvalue weighted by Crippen LogP contribution is 2.33. The molecule has 1 aromatic heterocycles. The fraction of sp³-hybridized carbons (Fsp3) is 0.429. The number of carbonyl (C=O) groups excluding carboxylic acids is 2. The number of hydrogen-bond acceptors (Lipinski definition) is 5. The van der Waals surface area contributed by atoms with E-state index < -0.39 is 24.0 Å². The maximum Gasteiger partial charge on any atom is 0.255 e. The fourth-order valence-electron chi connectivity index (χ4n) is 3.57. The molecule has 7 heteroatoms. The van der Waals surface area contributed by atoms with Gasteiger partial charge in [0.15, 0.2) is 12.2 Å². The molecule has 2 heterocycles. The summed E-state index contributed by atoms with van der Waals surface area (Å²) in [5.74, 6) is -1.34. The van der Waals surface area contributed by atoms with Crippen LogP contribution in [0.5, 0.6) is 0 Å². The van der Waals surface area contributed by atoms with E-state index in [1.54, 1.807) is 16.2 Å². The first-order chi connectivity index (χ1) is 13.5. The molecule has 0 radical (unpaired) electrons. The summed E-state index contributed by atoms with van der Waals surface area (Å²) in [6, 6.07) is 11.7. The lowest BCUT2D eigenvalue weighted by Crippen LogP contribution is -2.50. The van der Waals surface area contributed by atoms with Crippen LogP contribution in [0.15, 0.2) is 41.8 Å². The van der Waals surface area contributed by atoms with Crippen LogP contribution in [0.25, 0.3) is 0 Å². The minimum atomic E-state index is -1.78. The molecular weight excluding hydrogens is 376 g/mol. The van der Waals surface area contributed by atoms with E-state index in [2.05, 4.69) is 5.32 Å². The van der Waals surface area contributed by atoms with Crippen molar-refractivity contribution in [2.45, 2.75) is 44.4 Å². The SMILES string of the molecule is Cc1cccc(C2CCCN2C(=O)[C@H](O)[C@@H](O)C(=O)NCCc2cccs2)c1. The Labute approximate surface area is 168 Å². The second-order valence-corrected chi connectivity index (χ2v) is 8.15. The Kier molecular flexibility index (Phi) is 6.83. The van der Waals surface area contributed by atoms with Crippen molar-refractivity contribution in [1.82, 2.24) is 10.2 Å². The Morgan fingerprint density at radius 3 is 2.79 bits per heavy atom. The summed E-state index contributed by atoms with van der Waals surface area (Å²) in [6.45, 7) is 2.83. The van der Waals surface area contributed by atoms with Crippen LogP contribution in [0.3, 0.4) is 0 Å². The summed E-state index contributed by atoms with van der Waals surface area (Å²) < 4.78 is 0. The summed E-state index contributed by atoms with van der Waals surface area (Å²) in [6.07, 6.45) is -1.30. The number of carbonyl (C=O) groups is 2. The first-order valence-corrected chi connectivity index (χ1v) is 10.4. The number of amides is 2. The number of nitrogens with one attached hydrogen (secondary N) is 1. The number of aliphatic hydroxyl groups excluding tert-OH is 2. The van der Waals surface area contributed by atoms with Gasteiger partial charge in [-0.25, -0.2) is 0 Å². The normalized spacial score (nSPS) is 18.7. The molecule has 1 unspecified atom stereocenters. The highest BCUT2D eigenvalue weighted by atomic mass is 32.1. The molecule has 0 bridgehead atoms. The molecule has 0 saturated carbocycles. The Morgan fingerprint density at radius 2 is 2.07 bits per heavy atom. The van der Waals surface area contributed by atoms with Gasteiger partial charge in [-0.05, 0) is 43.2 Å². The third kappa shape index (κ3) is 4.79. The lowest BCUT2D eigenvalue weighted by Gasteiger charge is -2.28. The maximum absolute atomic E-state index is 12.8. The van der Waals surface area contributed by atoms with Crippen LogP contribution in [-0.4, -0.2) is 52.2 Å². The van der Waals surface area contributed by atoms with Gasteiger partial charge in [0.25, 0.3) is 11.8 Å². The summed E-state index contributed by atoms with van der Waals surface area (Å²) in [5, 5.41) is 25.0. The molecule has 1 aliphatic rings. The summed E-state index contributed by atoms with van der Waals surface area (Å²) >= 11 is 1.59. The third-order valence-electron chi connectivity index (χ3n) is 5.03. The average molecular weight is 403 g/mol. The zero-order chi connectivity index (χ0) is 20.1. The number of benzene rings is 1. The van der Waals surface area contributed by atoms with Crippen molar-refractivity contribution in [3.05, 3.63) is 57.8 Å². The zero-order valence-electron chi connectivity index (χ0n) is 15.9. The van der Waals surface area contributed by atoms with Crippen molar-refractivity contribution in [2.24, 2.45) is 0 Å². The van der Waals surface area contributed by atoms with E-state index in [0.29, 0.717) is 19.5 Å². The molecule has 0 aliphatic carbocycles. The van der Waals surface area contributed by atoms with Gasteiger partial charge in [0, 0.05) is 18.0 Å². The van der Waals surface area contributed by atoms with E-state index in [-0.39, 0.29) is 6.04 Å². The van der Waals surface area contributed by atoms with Crippen LogP contribution in [-0.2, 0) is 16.0 Å². The summed E-state index contributed by atoms with van der Waals surface area (Å²) in [4.78, 5) is 27.6. The predicted octanol–water partition coefficient (Wildman–Crippen LogP) is 1.80. The van der Waals surface area contributed by atoms with Crippen LogP contribution < -0.4 is 5.32 Å². The molecule has 150 valence electrons. The van der Waals surface area contributed by atoms with Crippen LogP contribution in [0.1, 0.15) is 34.9 Å². The molecule has 1 aliphatic heterocycles. The van der Waals surface area contributed by atoms with Gasteiger partial charge in [0.1, 0.15) is 0 Å². The number of hydrogen-bond donors (Lipinski definition) is 3. The van der Waals surface area contributed by atoms with E-state index in [9.17, 15) is 19.8 Å². The number of nitrogens with zero attached hydrogens (tertiary/aromatic N) is 1. The van der Waals surface area contributed by atoms with E-state index >= 15 is 0 Å². The van der Waals surface area contributed by atoms with E-state index in [4.69, 9.17) is 0 Å². The Hall–Kier alpha value is -2.22. The number of likely N-dealkylation sites (tertiary alicyclic amines) is 1. The first-order valence-electron chi connectivity index (χ1n) is 9.50. The van der Waals surface area contributed by atoms with E-state index in [1.165, 1.54) is 0 Å². The number of thiophene rings is 1. The van der Waals surface area contributed by atoms with Crippen molar-refractivity contribution in [2.75, 3.05) is 13.1 Å². The summed E-state index contributed by atoms with van der Waals surface area (Å²) in [5.41, 5.74) is 2.11. The van der Waals surface area contributed by atoms with Crippen molar-refractivity contribution < 1.29 is 19.8 Å². The Morgan fingerprint density at radius 1 is 1.25 bits per heavy atom. The van der Waals surface area contributed by atoms with Crippen LogP contribution >= 0.6 is 11.3 Å². The van der Waals surface area contributed by atoms with Gasteiger partial charge >= 0.3 is 0 Å². The molecule has 6 nitrogen and oxygen atoms in total. The lowest BCUT2D eigenvalue weighted by atomic mass is 10.0. The van der Waals surface area contributed by atoms with Gasteiger partial charge in [-0.15, -0.1) is 11.3 Å². The standard InChI is InChI=1S/C21H26N2O4S/c1-14-5-2-6-15(13-14)17-8-3-11-23(17)21(27)19(25)18(24)20(26)22-10-9-16-7-4-12-28-16/h2,4-7,12-13,17-19,24-25H,3,8-11H2,1H3,(H,22,26)/t17?,18-,19-/m1/s1. The molecular formula is C21H26N2O4S. The topological polar surface area (TPSA) is 89.9 Å². The molecule has 3 atom stereocenters. The van der Waals surface area contributed by atoms with Gasteiger partial charge in [0.2, 0.25) is 0 Å². The number of aryl methyl sites for hydroxylation is 1. The third-order valence-corrected chi connectivity index (χ3v) is 5.97. The zero-order valence-corrected chi connectivity index (χ0v) is 16.7. The van der Waals surface area contributed by atoms with Gasteiger partial charge in [-0.3, -0.25) is 9.59 Å². The van der Waals surface area contributed by atoms with Gasteiger partial charge in [-0.2, -0.15) is 0 Å². The smallest absolute Gasteiger partial charge is 0.255 e. The Bertz CT molecular complexity index is 808. The average Bonchev–Trinajstić information content (AvgIpc) is 3.38. The fourth-order valence-corrected chi connectivity index (χ4v) is 4.28. The number of rotatable bonds is 7. The highest BCUT2D eigenvalue weighted by molar-refractivity contribution is 7.09. The first kappa shape index (κ1) is 20.5. The highest BCUT2D eigenvalue weighted by Gasteiger charge is 2.38. The molecule has 2 aromatic rings. The molecule has 1 aromatic carbocycles. The second-order valence-electron chi connectivity index (χ2n) is 7.11. The Balaban J connectivity index is 1.58. The van der Waals surface area contributed by atoms with Gasteiger partial charge < -0.3 is 20.4 Å². The largest absolute Gasteiger partial charge is 0.380 e. The maximum atomic E-state index is 12.8. The van der Waals surface area contributed by atoms with Crippen LogP contribution in [0.4, 0.5) is 0 Å². The molecule has 1 fully saturated rings. The van der Waals surface area contributed by atoms with Crippen molar-refractivity contribution in [3.63, 3.8) is 0 Å². The minimum Gasteiger partial charge on any atom is -0.380 e.